The van der Waals surface area contributed by atoms with E-state index < -0.39 is 11.9 Å². The van der Waals surface area contributed by atoms with Gasteiger partial charge in [-0.15, -0.1) is 11.3 Å². The topological polar surface area (TPSA) is 75.6 Å². The van der Waals surface area contributed by atoms with Gasteiger partial charge in [0, 0.05) is 40.1 Å². The Morgan fingerprint density at radius 1 is 1.23 bits per heavy atom. The Bertz CT molecular complexity index is 1050. The van der Waals surface area contributed by atoms with Crippen LogP contribution >= 0.6 is 11.3 Å². The fraction of sp³-hybridized carbons (Fsp3) is 0.333. The van der Waals surface area contributed by atoms with Crippen LogP contribution in [0.25, 0.3) is 0 Å². The van der Waals surface area contributed by atoms with Crippen molar-refractivity contribution < 1.29 is 19.4 Å². The average molecular weight is 424 g/mol. The van der Waals surface area contributed by atoms with E-state index in [0.717, 1.165) is 5.70 Å². The van der Waals surface area contributed by atoms with Crippen molar-refractivity contribution in [3.8, 4) is 5.75 Å². The maximum absolute atomic E-state index is 13.4. The molecule has 6 heteroatoms. The van der Waals surface area contributed by atoms with Crippen molar-refractivity contribution in [3.63, 3.8) is 0 Å². The molecule has 2 aromatic rings. The number of aromatic hydroxyl groups is 1. The number of esters is 1. The number of dihydropyridines is 1. The van der Waals surface area contributed by atoms with Crippen LogP contribution in [0, 0.1) is 0 Å². The van der Waals surface area contributed by atoms with Crippen LogP contribution in [0.4, 0.5) is 0 Å². The number of phenolic OH excluding ortho intramolecular Hbond substituents is 1. The molecule has 0 spiro atoms. The minimum Gasteiger partial charge on any atom is -0.508 e. The highest BCUT2D eigenvalue weighted by atomic mass is 32.1. The van der Waals surface area contributed by atoms with Gasteiger partial charge in [-0.25, -0.2) is 4.79 Å². The fourth-order valence-corrected chi connectivity index (χ4v) is 5.18. The second-order valence-corrected chi connectivity index (χ2v) is 9.06. The van der Waals surface area contributed by atoms with Crippen LogP contribution in [0.3, 0.4) is 0 Å². The van der Waals surface area contributed by atoms with Gasteiger partial charge in [0.05, 0.1) is 11.7 Å². The Morgan fingerprint density at radius 2 is 2.03 bits per heavy atom. The zero-order chi connectivity index (χ0) is 21.4. The van der Waals surface area contributed by atoms with E-state index in [1.54, 1.807) is 43.4 Å². The number of rotatable bonds is 4. The Labute approximate surface area is 180 Å². The van der Waals surface area contributed by atoms with Gasteiger partial charge < -0.3 is 15.2 Å². The molecule has 2 N–H and O–H groups in total. The van der Waals surface area contributed by atoms with Crippen molar-refractivity contribution in [1.29, 1.82) is 0 Å². The van der Waals surface area contributed by atoms with Crippen molar-refractivity contribution in [2.75, 3.05) is 0 Å². The largest absolute Gasteiger partial charge is 0.508 e. The van der Waals surface area contributed by atoms with E-state index in [1.807, 2.05) is 24.4 Å². The highest BCUT2D eigenvalue weighted by Gasteiger charge is 2.41. The molecular weight excluding hydrogens is 398 g/mol. The zero-order valence-corrected chi connectivity index (χ0v) is 18.1. The summed E-state index contributed by atoms with van der Waals surface area (Å²) in [7, 11) is 0. The lowest BCUT2D eigenvalue weighted by Crippen LogP contribution is -2.36. The average Bonchev–Trinajstić information content (AvgIpc) is 3.21. The number of allylic oxidation sites excluding steroid dienone is 3. The molecule has 0 unspecified atom stereocenters. The van der Waals surface area contributed by atoms with Crippen LogP contribution < -0.4 is 5.32 Å². The number of phenols is 1. The first kappa shape index (κ1) is 20.4. The molecule has 0 saturated heterocycles. The van der Waals surface area contributed by atoms with Crippen LogP contribution in [0.15, 0.2) is 64.3 Å². The summed E-state index contributed by atoms with van der Waals surface area (Å²) in [5, 5.41) is 15.4. The molecule has 1 aliphatic heterocycles. The first-order valence-electron chi connectivity index (χ1n) is 10.1. The summed E-state index contributed by atoms with van der Waals surface area (Å²) in [6.45, 7) is 5.45. The smallest absolute Gasteiger partial charge is 0.337 e. The summed E-state index contributed by atoms with van der Waals surface area (Å²) in [5.74, 6) is -0.745. The number of thiophene rings is 1. The standard InChI is InChI=1S/C24H25NO4S/c1-13(2)29-24(28)21-14(3)25-18-11-16(20-8-5-9-30-20)12-19(27)23(18)22(21)15-6-4-7-17(26)10-15/h4-10,13,16,22,25-26H,11-12H2,1-3H3/t16-,22+/m1/s1. The molecule has 2 atom stereocenters. The SMILES string of the molecule is CC1=C(C(=O)OC(C)C)[C@H](c2cccc(O)c2)C2=C(C[C@@H](c3cccs3)CC2=O)N1. The molecule has 1 aromatic heterocycles. The summed E-state index contributed by atoms with van der Waals surface area (Å²) in [6, 6.07) is 10.8. The number of hydrogen-bond donors (Lipinski definition) is 2. The molecule has 0 radical (unpaired) electrons. The molecule has 30 heavy (non-hydrogen) atoms. The summed E-state index contributed by atoms with van der Waals surface area (Å²) in [4.78, 5) is 27.6. The molecular formula is C24H25NO4S. The first-order chi connectivity index (χ1) is 14.3. The molecule has 5 nitrogen and oxygen atoms in total. The number of ether oxygens (including phenoxy) is 1. The van der Waals surface area contributed by atoms with Crippen molar-refractivity contribution in [3.05, 3.63) is 74.8 Å². The molecule has 0 fully saturated rings. The van der Waals surface area contributed by atoms with Crippen LogP contribution in [-0.4, -0.2) is 23.0 Å². The second kappa shape index (κ2) is 8.11. The summed E-state index contributed by atoms with van der Waals surface area (Å²) < 4.78 is 5.51. The van der Waals surface area contributed by atoms with Crippen LogP contribution in [0.2, 0.25) is 0 Å². The quantitative estimate of drug-likeness (QED) is 0.693. The van der Waals surface area contributed by atoms with E-state index in [4.69, 9.17) is 4.74 Å². The second-order valence-electron chi connectivity index (χ2n) is 8.08. The third-order valence-electron chi connectivity index (χ3n) is 5.54. The van der Waals surface area contributed by atoms with E-state index in [-0.39, 0.29) is 23.6 Å². The maximum Gasteiger partial charge on any atom is 0.337 e. The van der Waals surface area contributed by atoms with E-state index >= 15 is 0 Å². The highest BCUT2D eigenvalue weighted by Crippen LogP contribution is 2.46. The van der Waals surface area contributed by atoms with Gasteiger partial charge in [-0.2, -0.15) is 0 Å². The molecule has 1 aliphatic carbocycles. The predicted molar refractivity (Wildman–Crippen MR) is 116 cm³/mol. The fourth-order valence-electron chi connectivity index (χ4n) is 4.35. The van der Waals surface area contributed by atoms with E-state index in [9.17, 15) is 14.7 Å². The van der Waals surface area contributed by atoms with Gasteiger partial charge >= 0.3 is 5.97 Å². The number of nitrogens with one attached hydrogen (secondary N) is 1. The van der Waals surface area contributed by atoms with E-state index in [1.165, 1.54) is 4.88 Å². The molecule has 156 valence electrons. The summed E-state index contributed by atoms with van der Waals surface area (Å²) >= 11 is 1.66. The normalized spacial score (nSPS) is 21.5. The molecule has 2 aliphatic rings. The lowest BCUT2D eigenvalue weighted by Gasteiger charge is -2.36. The number of Topliss-reactive ketones (excluding diaryl/α,β-unsaturated/α-hetero) is 1. The number of ketones is 1. The van der Waals surface area contributed by atoms with Gasteiger partial charge in [-0.3, -0.25) is 4.79 Å². The Hall–Kier alpha value is -2.86. The number of carbonyl (C=O) groups excluding carboxylic acids is 2. The first-order valence-corrected chi connectivity index (χ1v) is 11.0. The number of hydrogen-bond acceptors (Lipinski definition) is 6. The third kappa shape index (κ3) is 3.79. The molecule has 0 saturated carbocycles. The lowest BCUT2D eigenvalue weighted by atomic mass is 9.72. The third-order valence-corrected chi connectivity index (χ3v) is 6.57. The summed E-state index contributed by atoms with van der Waals surface area (Å²) in [6.07, 6.45) is 0.839. The molecule has 1 aromatic carbocycles. The minimum atomic E-state index is -0.559. The van der Waals surface area contributed by atoms with Crippen molar-refractivity contribution in [1.82, 2.24) is 5.32 Å². The maximum atomic E-state index is 13.4. The summed E-state index contributed by atoms with van der Waals surface area (Å²) in [5.41, 5.74) is 3.29. The molecule has 0 amide bonds. The van der Waals surface area contributed by atoms with Crippen molar-refractivity contribution in [2.24, 2.45) is 0 Å². The van der Waals surface area contributed by atoms with Crippen molar-refractivity contribution >= 4 is 23.1 Å². The van der Waals surface area contributed by atoms with Crippen molar-refractivity contribution in [2.45, 2.75) is 51.6 Å². The van der Waals surface area contributed by atoms with Gasteiger partial charge in [0.25, 0.3) is 0 Å². The number of benzene rings is 1. The highest BCUT2D eigenvalue weighted by molar-refractivity contribution is 7.10. The van der Waals surface area contributed by atoms with Crippen LogP contribution in [0.1, 0.15) is 55.9 Å². The monoisotopic (exact) mass is 423 g/mol. The van der Waals surface area contributed by atoms with E-state index in [2.05, 4.69) is 11.4 Å². The van der Waals surface area contributed by atoms with Gasteiger partial charge in [-0.05, 0) is 56.3 Å². The predicted octanol–water partition coefficient (Wildman–Crippen LogP) is 4.77. The molecule has 2 heterocycles. The van der Waals surface area contributed by atoms with Crippen LogP contribution in [-0.2, 0) is 14.3 Å². The Balaban J connectivity index is 1.81. The van der Waals surface area contributed by atoms with Gasteiger partial charge in [-0.1, -0.05) is 18.2 Å². The molecule has 0 bridgehead atoms. The lowest BCUT2D eigenvalue weighted by molar-refractivity contribution is -0.143. The van der Waals surface area contributed by atoms with E-state index in [0.29, 0.717) is 35.2 Å². The van der Waals surface area contributed by atoms with Gasteiger partial charge in [0.1, 0.15) is 5.75 Å². The number of carbonyl (C=O) groups is 2. The Morgan fingerprint density at radius 3 is 2.70 bits per heavy atom. The minimum absolute atomic E-state index is 0.0258. The Kier molecular flexibility index (Phi) is 5.52. The zero-order valence-electron chi connectivity index (χ0n) is 17.3. The van der Waals surface area contributed by atoms with Gasteiger partial charge in [0.15, 0.2) is 5.78 Å². The van der Waals surface area contributed by atoms with Gasteiger partial charge in [0.2, 0.25) is 0 Å². The molecule has 4 rings (SSSR count). The van der Waals surface area contributed by atoms with Crippen LogP contribution in [0.5, 0.6) is 5.75 Å².